The molecular formula is C22H30Cl2N6O2. The highest BCUT2D eigenvalue weighted by atomic mass is 35.5. The van der Waals surface area contributed by atoms with Gasteiger partial charge in [0.2, 0.25) is 17.8 Å². The molecule has 1 aliphatic heterocycles. The molecule has 1 saturated heterocycles. The highest BCUT2D eigenvalue weighted by Crippen LogP contribution is 2.22. The van der Waals surface area contributed by atoms with Crippen molar-refractivity contribution in [3.63, 3.8) is 0 Å². The molecule has 10 heteroatoms. The molecule has 1 aromatic carbocycles. The number of aryl methyl sites for hydroxylation is 1. The molecule has 2 amide bonds. The number of aromatic nitrogens is 2. The van der Waals surface area contributed by atoms with Crippen LogP contribution in [0.3, 0.4) is 0 Å². The van der Waals surface area contributed by atoms with Gasteiger partial charge < -0.3 is 21.7 Å². The molecule has 0 spiro atoms. The maximum Gasteiger partial charge on any atom is 0.243 e. The van der Waals surface area contributed by atoms with Crippen molar-refractivity contribution in [2.75, 3.05) is 12.3 Å². The average Bonchev–Trinajstić information content (AvgIpc) is 3.24. The first-order valence-electron chi connectivity index (χ1n) is 10.5. The number of nitrogen functional groups attached to an aromatic ring is 1. The summed E-state index contributed by atoms with van der Waals surface area (Å²) in [5.41, 5.74) is 14.8. The molecule has 2 heterocycles. The summed E-state index contributed by atoms with van der Waals surface area (Å²) in [4.78, 5) is 35.9. The second-order valence-electron chi connectivity index (χ2n) is 8.13. The van der Waals surface area contributed by atoms with Gasteiger partial charge in [-0.2, -0.15) is 0 Å². The zero-order valence-corrected chi connectivity index (χ0v) is 19.4. The first-order valence-corrected chi connectivity index (χ1v) is 10.5. The number of nitrogens with zero attached hydrogens (tertiary/aromatic N) is 3. The van der Waals surface area contributed by atoms with Crippen LogP contribution < -0.4 is 16.8 Å². The van der Waals surface area contributed by atoms with Gasteiger partial charge in [0.05, 0.1) is 6.04 Å². The molecule has 4 rings (SSSR count). The molecule has 1 unspecified atom stereocenters. The summed E-state index contributed by atoms with van der Waals surface area (Å²) in [5, 5.41) is 3.13. The van der Waals surface area contributed by atoms with Crippen LogP contribution in [0.25, 0.3) is 0 Å². The van der Waals surface area contributed by atoms with Crippen molar-refractivity contribution in [3.05, 3.63) is 53.3 Å². The van der Waals surface area contributed by atoms with E-state index in [9.17, 15) is 9.59 Å². The quantitative estimate of drug-likeness (QED) is 0.593. The van der Waals surface area contributed by atoms with E-state index in [-0.39, 0.29) is 48.6 Å². The average molecular weight is 481 g/mol. The normalized spacial score (nSPS) is 20.3. The number of carbonyl (C=O) groups excluding carboxylic acids is 2. The fraction of sp³-hybridized carbons (Fsp3) is 0.455. The Hall–Kier alpha value is -2.42. The second-order valence-corrected chi connectivity index (χ2v) is 8.13. The van der Waals surface area contributed by atoms with E-state index in [4.69, 9.17) is 11.5 Å². The van der Waals surface area contributed by atoms with Gasteiger partial charge in [0.25, 0.3) is 0 Å². The van der Waals surface area contributed by atoms with Crippen molar-refractivity contribution in [1.82, 2.24) is 20.2 Å². The molecule has 174 valence electrons. The zero-order chi connectivity index (χ0) is 21.1. The van der Waals surface area contributed by atoms with E-state index in [1.165, 1.54) is 0 Å². The van der Waals surface area contributed by atoms with Gasteiger partial charge in [-0.15, -0.1) is 24.8 Å². The highest BCUT2D eigenvalue weighted by Gasteiger charge is 2.37. The number of carbonyl (C=O) groups is 2. The maximum atomic E-state index is 13.0. The number of likely N-dealkylation sites (tertiary alicyclic amines) is 1. The minimum absolute atomic E-state index is 0. The van der Waals surface area contributed by atoms with Crippen molar-refractivity contribution in [2.45, 2.75) is 56.7 Å². The van der Waals surface area contributed by atoms with Crippen molar-refractivity contribution in [2.24, 2.45) is 5.73 Å². The van der Waals surface area contributed by atoms with Crippen LogP contribution in [0.1, 0.15) is 36.1 Å². The fourth-order valence-electron chi connectivity index (χ4n) is 4.41. The Kier molecular flexibility index (Phi) is 9.24. The number of nitrogens with one attached hydrogen (secondary N) is 1. The van der Waals surface area contributed by atoms with E-state index in [1.54, 1.807) is 11.1 Å². The molecular weight excluding hydrogens is 451 g/mol. The van der Waals surface area contributed by atoms with Crippen LogP contribution in [0.4, 0.5) is 5.95 Å². The molecule has 8 nitrogen and oxygen atoms in total. The SMILES string of the molecule is Cl.Cl.Nc1ncc2c(n1)CCC(NC(=O)[C@@H]1CCCN1C(=O)[C@H](N)Cc1ccccc1)C2. The summed E-state index contributed by atoms with van der Waals surface area (Å²) in [6.45, 7) is 0.569. The number of hydrogen-bond donors (Lipinski definition) is 3. The number of nitrogens with two attached hydrogens (primary N) is 2. The number of anilines is 1. The topological polar surface area (TPSA) is 127 Å². The molecule has 2 aliphatic rings. The summed E-state index contributed by atoms with van der Waals surface area (Å²) in [7, 11) is 0. The highest BCUT2D eigenvalue weighted by molar-refractivity contribution is 5.90. The molecule has 0 saturated carbocycles. The summed E-state index contributed by atoms with van der Waals surface area (Å²) >= 11 is 0. The van der Waals surface area contributed by atoms with Crippen molar-refractivity contribution >= 4 is 42.6 Å². The van der Waals surface area contributed by atoms with E-state index in [0.29, 0.717) is 25.8 Å². The lowest BCUT2D eigenvalue weighted by Gasteiger charge is -2.30. The number of rotatable bonds is 5. The summed E-state index contributed by atoms with van der Waals surface area (Å²) in [6, 6.07) is 8.61. The van der Waals surface area contributed by atoms with Gasteiger partial charge in [0.15, 0.2) is 0 Å². The monoisotopic (exact) mass is 480 g/mol. The van der Waals surface area contributed by atoms with E-state index < -0.39 is 12.1 Å². The Labute approximate surface area is 200 Å². The van der Waals surface area contributed by atoms with E-state index in [1.807, 2.05) is 30.3 Å². The van der Waals surface area contributed by atoms with Crippen LogP contribution in [0.15, 0.2) is 36.5 Å². The van der Waals surface area contributed by atoms with Gasteiger partial charge in [-0.3, -0.25) is 9.59 Å². The molecule has 1 aliphatic carbocycles. The minimum atomic E-state index is -0.648. The van der Waals surface area contributed by atoms with E-state index >= 15 is 0 Å². The second kappa shape index (κ2) is 11.4. The van der Waals surface area contributed by atoms with Gasteiger partial charge in [-0.25, -0.2) is 9.97 Å². The Morgan fingerprint density at radius 3 is 2.69 bits per heavy atom. The molecule has 0 radical (unpaired) electrons. The van der Waals surface area contributed by atoms with Gasteiger partial charge >= 0.3 is 0 Å². The number of fused-ring (bicyclic) bond motifs is 1. The first-order chi connectivity index (χ1) is 14.5. The third-order valence-electron chi connectivity index (χ3n) is 5.97. The lowest BCUT2D eigenvalue weighted by molar-refractivity contribution is -0.139. The fourth-order valence-corrected chi connectivity index (χ4v) is 4.41. The number of amides is 2. The number of hydrogen-bond acceptors (Lipinski definition) is 6. The predicted octanol–water partition coefficient (Wildman–Crippen LogP) is 1.44. The van der Waals surface area contributed by atoms with Crippen molar-refractivity contribution in [3.8, 4) is 0 Å². The van der Waals surface area contributed by atoms with Crippen LogP contribution in [-0.4, -0.2) is 51.4 Å². The Balaban J connectivity index is 0.00000181. The van der Waals surface area contributed by atoms with Crippen molar-refractivity contribution < 1.29 is 9.59 Å². The Morgan fingerprint density at radius 2 is 1.94 bits per heavy atom. The van der Waals surface area contributed by atoms with Gasteiger partial charge in [-0.05, 0) is 49.7 Å². The standard InChI is InChI=1S/C22H28N6O2.2ClH/c23-17(11-14-5-2-1-3-6-14)21(30)28-10-4-7-19(28)20(29)26-16-8-9-18-15(12-16)13-25-22(24)27-18;;/h1-3,5-6,13,16-17,19H,4,7-12,23H2,(H,26,29)(H2,24,25,27);2*1H/t16?,17-,19+;;/m1../s1. The molecule has 3 atom stereocenters. The van der Waals surface area contributed by atoms with Crippen LogP contribution >= 0.6 is 24.8 Å². The van der Waals surface area contributed by atoms with Gasteiger partial charge in [-0.1, -0.05) is 30.3 Å². The van der Waals surface area contributed by atoms with Crippen LogP contribution in [0.2, 0.25) is 0 Å². The van der Waals surface area contributed by atoms with Gasteiger partial charge in [0, 0.05) is 24.5 Å². The largest absolute Gasteiger partial charge is 0.368 e. The smallest absolute Gasteiger partial charge is 0.243 e. The predicted molar refractivity (Wildman–Crippen MR) is 128 cm³/mol. The molecule has 5 N–H and O–H groups in total. The number of halogens is 2. The zero-order valence-electron chi connectivity index (χ0n) is 17.8. The lowest BCUT2D eigenvalue weighted by Crippen LogP contribution is -2.53. The first kappa shape index (κ1) is 25.8. The lowest BCUT2D eigenvalue weighted by atomic mass is 9.92. The molecule has 0 bridgehead atoms. The van der Waals surface area contributed by atoms with Crippen LogP contribution in [0.5, 0.6) is 0 Å². The molecule has 32 heavy (non-hydrogen) atoms. The maximum absolute atomic E-state index is 13.0. The van der Waals surface area contributed by atoms with Crippen molar-refractivity contribution in [1.29, 1.82) is 0 Å². The minimum Gasteiger partial charge on any atom is -0.368 e. The van der Waals surface area contributed by atoms with Crippen LogP contribution in [-0.2, 0) is 28.9 Å². The Morgan fingerprint density at radius 1 is 1.19 bits per heavy atom. The molecule has 1 aromatic heterocycles. The molecule has 2 aromatic rings. The van der Waals surface area contributed by atoms with E-state index in [2.05, 4.69) is 15.3 Å². The summed E-state index contributed by atoms with van der Waals surface area (Å²) in [6.07, 6.45) is 5.90. The summed E-state index contributed by atoms with van der Waals surface area (Å²) in [5.74, 6) is 0.0233. The van der Waals surface area contributed by atoms with E-state index in [0.717, 1.165) is 36.1 Å². The third-order valence-corrected chi connectivity index (χ3v) is 5.97. The summed E-state index contributed by atoms with van der Waals surface area (Å²) < 4.78 is 0. The number of benzene rings is 1. The Bertz CT molecular complexity index is 930. The van der Waals surface area contributed by atoms with Crippen LogP contribution in [0, 0.1) is 0 Å². The van der Waals surface area contributed by atoms with Gasteiger partial charge in [0.1, 0.15) is 6.04 Å². The molecule has 1 fully saturated rings. The third kappa shape index (κ3) is 5.88.